The highest BCUT2D eigenvalue weighted by Crippen LogP contribution is 2.08. The van der Waals surface area contributed by atoms with Gasteiger partial charge in [-0.1, -0.05) is 0 Å². The molecule has 0 aromatic heterocycles. The number of carbonyl (C=O) groups is 1. The van der Waals surface area contributed by atoms with E-state index in [2.05, 4.69) is 4.99 Å². The van der Waals surface area contributed by atoms with Crippen molar-refractivity contribution in [2.45, 2.75) is 26.0 Å². The number of rotatable bonds is 3. The van der Waals surface area contributed by atoms with Crippen molar-refractivity contribution in [2.75, 3.05) is 13.2 Å². The third-order valence-corrected chi connectivity index (χ3v) is 1.61. The molecule has 2 unspecified atom stereocenters. The molecule has 0 radical (unpaired) electrons. The molecule has 1 aliphatic heterocycles. The Morgan fingerprint density at radius 1 is 1.92 bits per heavy atom. The van der Waals surface area contributed by atoms with E-state index >= 15 is 0 Å². The molecular formula is C8H14N2O3. The van der Waals surface area contributed by atoms with Crippen LogP contribution >= 0.6 is 0 Å². The second-order valence-corrected chi connectivity index (χ2v) is 2.83. The van der Waals surface area contributed by atoms with Gasteiger partial charge in [-0.25, -0.2) is 9.79 Å². The average Bonchev–Trinajstić information content (AvgIpc) is 2.52. The Bertz CT molecular complexity index is 225. The largest absolute Gasteiger partial charge is 0.463 e. The molecular weight excluding hydrogens is 172 g/mol. The molecule has 0 aromatic carbocycles. The summed E-state index contributed by atoms with van der Waals surface area (Å²) in [6, 6.07) is -0.264. The normalized spacial score (nSPS) is 23.3. The van der Waals surface area contributed by atoms with Crippen molar-refractivity contribution in [2.24, 2.45) is 10.7 Å². The number of nitrogens with zero attached hydrogens (tertiary/aromatic N) is 1. The topological polar surface area (TPSA) is 73.9 Å². The molecule has 5 heteroatoms. The third kappa shape index (κ3) is 2.42. The Morgan fingerprint density at radius 3 is 3.08 bits per heavy atom. The van der Waals surface area contributed by atoms with E-state index in [1.165, 1.54) is 0 Å². The summed E-state index contributed by atoms with van der Waals surface area (Å²) in [6.45, 7) is 4.18. The van der Waals surface area contributed by atoms with Crippen LogP contribution < -0.4 is 5.73 Å². The van der Waals surface area contributed by atoms with Crippen molar-refractivity contribution in [3.63, 3.8) is 0 Å². The maximum absolute atomic E-state index is 11.2. The fourth-order valence-corrected chi connectivity index (χ4v) is 1.00. The first-order valence-electron chi connectivity index (χ1n) is 4.28. The van der Waals surface area contributed by atoms with Gasteiger partial charge in [0.25, 0.3) is 0 Å². The zero-order valence-electron chi connectivity index (χ0n) is 7.82. The Hall–Kier alpha value is -1.10. The van der Waals surface area contributed by atoms with Gasteiger partial charge in [-0.15, -0.1) is 0 Å². The summed E-state index contributed by atoms with van der Waals surface area (Å²) >= 11 is 0. The molecule has 0 saturated carbocycles. The highest BCUT2D eigenvalue weighted by atomic mass is 16.6. The fraction of sp³-hybridized carbons (Fsp3) is 0.750. The predicted octanol–water partition coefficient (Wildman–Crippen LogP) is -0.306. The Kier molecular flexibility index (Phi) is 3.25. The minimum Gasteiger partial charge on any atom is -0.463 e. The van der Waals surface area contributed by atoms with Gasteiger partial charge in [-0.2, -0.15) is 0 Å². The molecule has 2 atom stereocenters. The number of esters is 1. The minimum absolute atomic E-state index is 0.264. The van der Waals surface area contributed by atoms with Gasteiger partial charge in [-0.3, -0.25) is 0 Å². The van der Waals surface area contributed by atoms with E-state index in [0.717, 1.165) is 0 Å². The van der Waals surface area contributed by atoms with Crippen molar-refractivity contribution >= 4 is 11.9 Å². The first-order chi connectivity index (χ1) is 6.15. The molecule has 1 aliphatic rings. The summed E-state index contributed by atoms with van der Waals surface area (Å²) in [4.78, 5) is 15.1. The molecule has 0 bridgehead atoms. The number of hydrogen-bond acceptors (Lipinski definition) is 5. The minimum atomic E-state index is -0.596. The van der Waals surface area contributed by atoms with Crippen molar-refractivity contribution in [1.29, 1.82) is 0 Å². The van der Waals surface area contributed by atoms with Crippen LogP contribution in [0, 0.1) is 0 Å². The van der Waals surface area contributed by atoms with Gasteiger partial charge < -0.3 is 15.2 Å². The summed E-state index contributed by atoms with van der Waals surface area (Å²) in [7, 11) is 0. The van der Waals surface area contributed by atoms with Crippen LogP contribution in [-0.4, -0.2) is 37.2 Å². The summed E-state index contributed by atoms with van der Waals surface area (Å²) in [5.41, 5.74) is 5.53. The van der Waals surface area contributed by atoms with E-state index in [-0.39, 0.29) is 12.0 Å². The monoisotopic (exact) mass is 186 g/mol. The van der Waals surface area contributed by atoms with Gasteiger partial charge >= 0.3 is 5.97 Å². The number of carbonyl (C=O) groups excluding carboxylic acids is 1. The van der Waals surface area contributed by atoms with Gasteiger partial charge in [-0.05, 0) is 13.8 Å². The average molecular weight is 186 g/mol. The molecule has 0 saturated heterocycles. The molecule has 0 fully saturated rings. The molecule has 0 spiro atoms. The molecule has 2 N–H and O–H groups in total. The van der Waals surface area contributed by atoms with E-state index in [1.807, 2.05) is 0 Å². The molecule has 0 aliphatic carbocycles. The third-order valence-electron chi connectivity index (χ3n) is 1.61. The van der Waals surface area contributed by atoms with Gasteiger partial charge in [0.15, 0.2) is 0 Å². The van der Waals surface area contributed by atoms with Crippen molar-refractivity contribution < 1.29 is 14.3 Å². The number of hydrogen-bond donors (Lipinski definition) is 1. The molecule has 0 aromatic rings. The summed E-state index contributed by atoms with van der Waals surface area (Å²) < 4.78 is 9.96. The zero-order valence-corrected chi connectivity index (χ0v) is 7.82. The lowest BCUT2D eigenvalue weighted by Crippen LogP contribution is -2.32. The van der Waals surface area contributed by atoms with Gasteiger partial charge in [0.1, 0.15) is 0 Å². The van der Waals surface area contributed by atoms with E-state index in [0.29, 0.717) is 19.0 Å². The van der Waals surface area contributed by atoms with E-state index in [9.17, 15) is 4.79 Å². The van der Waals surface area contributed by atoms with E-state index in [1.54, 1.807) is 13.8 Å². The van der Waals surface area contributed by atoms with Crippen LogP contribution in [-0.2, 0) is 14.3 Å². The fourth-order valence-electron chi connectivity index (χ4n) is 1.00. The molecule has 0 amide bonds. The second-order valence-electron chi connectivity index (χ2n) is 2.83. The zero-order chi connectivity index (χ0) is 9.84. The van der Waals surface area contributed by atoms with Crippen LogP contribution in [0.5, 0.6) is 0 Å². The molecule has 13 heavy (non-hydrogen) atoms. The van der Waals surface area contributed by atoms with Gasteiger partial charge in [0, 0.05) is 0 Å². The standard InChI is InChI=1S/C8H14N2O3/c1-3-12-8(11)6-4-10-7(13-6)5(2)9/h5-6H,3-4,9H2,1-2H3. The molecule has 5 nitrogen and oxygen atoms in total. The van der Waals surface area contributed by atoms with Gasteiger partial charge in [0.2, 0.25) is 12.0 Å². The Balaban J connectivity index is 2.41. The molecule has 1 rings (SSSR count). The van der Waals surface area contributed by atoms with Crippen molar-refractivity contribution in [1.82, 2.24) is 0 Å². The second kappa shape index (κ2) is 4.23. The summed E-state index contributed by atoms with van der Waals surface area (Å²) in [5, 5.41) is 0. The lowest BCUT2D eigenvalue weighted by Gasteiger charge is -2.11. The number of ether oxygens (including phenoxy) is 2. The first-order valence-corrected chi connectivity index (χ1v) is 4.28. The van der Waals surface area contributed by atoms with Crippen LogP contribution in [0.4, 0.5) is 0 Å². The quantitative estimate of drug-likeness (QED) is 0.614. The number of nitrogens with two attached hydrogens (primary N) is 1. The first kappa shape index (κ1) is 9.98. The predicted molar refractivity (Wildman–Crippen MR) is 47.5 cm³/mol. The Morgan fingerprint density at radius 2 is 2.62 bits per heavy atom. The van der Waals surface area contributed by atoms with E-state index < -0.39 is 6.10 Å². The van der Waals surface area contributed by atoms with Crippen molar-refractivity contribution in [3.05, 3.63) is 0 Å². The lowest BCUT2D eigenvalue weighted by atomic mass is 10.4. The molecule has 74 valence electrons. The van der Waals surface area contributed by atoms with E-state index in [4.69, 9.17) is 15.2 Å². The van der Waals surface area contributed by atoms with Crippen LogP contribution in [0.25, 0.3) is 0 Å². The highest BCUT2D eigenvalue weighted by molar-refractivity contribution is 5.87. The SMILES string of the molecule is CCOC(=O)C1CN=C(C(C)N)O1. The maximum Gasteiger partial charge on any atom is 0.349 e. The van der Waals surface area contributed by atoms with Crippen LogP contribution in [0.1, 0.15) is 13.8 Å². The summed E-state index contributed by atoms with van der Waals surface area (Å²) in [5.74, 6) is 0.0555. The van der Waals surface area contributed by atoms with Crippen molar-refractivity contribution in [3.8, 4) is 0 Å². The van der Waals surface area contributed by atoms with Crippen LogP contribution in [0.15, 0.2) is 4.99 Å². The Labute approximate surface area is 76.9 Å². The number of aliphatic imine (C=N–C) groups is 1. The highest BCUT2D eigenvalue weighted by Gasteiger charge is 2.29. The maximum atomic E-state index is 11.2. The molecule has 1 heterocycles. The van der Waals surface area contributed by atoms with Crippen LogP contribution in [0.3, 0.4) is 0 Å². The van der Waals surface area contributed by atoms with Gasteiger partial charge in [0.05, 0.1) is 19.2 Å². The lowest BCUT2D eigenvalue weighted by molar-refractivity contribution is -0.150. The smallest absolute Gasteiger partial charge is 0.349 e. The summed E-state index contributed by atoms with van der Waals surface area (Å²) in [6.07, 6.45) is -0.596. The van der Waals surface area contributed by atoms with Crippen LogP contribution in [0.2, 0.25) is 0 Å².